The molecule has 38 heavy (non-hydrogen) atoms. The number of hydrogen-bond acceptors (Lipinski definition) is 7. The van der Waals surface area contributed by atoms with Crippen LogP contribution in [0.1, 0.15) is 5.56 Å². The van der Waals surface area contributed by atoms with E-state index in [1.807, 2.05) is 60.7 Å². The Morgan fingerprint density at radius 1 is 0.921 bits per heavy atom. The molecule has 3 aromatic carbocycles. The number of pyridine rings is 1. The van der Waals surface area contributed by atoms with Gasteiger partial charge in [-0.1, -0.05) is 60.7 Å². The van der Waals surface area contributed by atoms with Gasteiger partial charge in [-0.15, -0.1) is 0 Å². The SMILES string of the molecule is N#Cc1c(-c2cn(-c3ccccc3)nc2-c2ccccc2)cc(-c2c(O)c3ccccc3oc2=O)nc1N. The third-order valence-corrected chi connectivity index (χ3v) is 6.27. The first-order chi connectivity index (χ1) is 18.5. The van der Waals surface area contributed by atoms with Crippen molar-refractivity contribution in [1.82, 2.24) is 14.8 Å². The molecule has 0 aliphatic rings. The van der Waals surface area contributed by atoms with Crippen LogP contribution in [0.5, 0.6) is 5.75 Å². The predicted molar refractivity (Wildman–Crippen MR) is 145 cm³/mol. The van der Waals surface area contributed by atoms with Crippen LogP contribution < -0.4 is 11.4 Å². The minimum Gasteiger partial charge on any atom is -0.506 e. The highest BCUT2D eigenvalue weighted by Gasteiger charge is 2.24. The number of nitrogens with two attached hydrogens (primary N) is 1. The lowest BCUT2D eigenvalue weighted by Gasteiger charge is -2.11. The van der Waals surface area contributed by atoms with E-state index in [1.165, 1.54) is 0 Å². The van der Waals surface area contributed by atoms with Crippen LogP contribution >= 0.6 is 0 Å². The highest BCUT2D eigenvalue weighted by molar-refractivity contribution is 5.92. The van der Waals surface area contributed by atoms with Crippen molar-refractivity contribution in [1.29, 1.82) is 5.26 Å². The molecular weight excluding hydrogens is 478 g/mol. The van der Waals surface area contributed by atoms with Crippen molar-refractivity contribution in [3.8, 4) is 51.1 Å². The maximum absolute atomic E-state index is 13.0. The Kier molecular flexibility index (Phi) is 5.44. The van der Waals surface area contributed by atoms with E-state index in [-0.39, 0.29) is 34.0 Å². The first-order valence-corrected chi connectivity index (χ1v) is 11.7. The fraction of sp³-hybridized carbons (Fsp3) is 0. The number of nitrogen functional groups attached to an aromatic ring is 1. The molecule has 0 radical (unpaired) electrons. The Labute approximate surface area is 216 Å². The average Bonchev–Trinajstić information content (AvgIpc) is 3.39. The molecule has 0 saturated carbocycles. The molecule has 6 rings (SSSR count). The molecule has 0 bridgehead atoms. The summed E-state index contributed by atoms with van der Waals surface area (Å²) in [6, 6.07) is 29.5. The first kappa shape index (κ1) is 22.8. The molecule has 3 heterocycles. The lowest BCUT2D eigenvalue weighted by Crippen LogP contribution is -2.07. The molecule has 8 heteroatoms. The molecule has 3 aromatic heterocycles. The zero-order valence-corrected chi connectivity index (χ0v) is 19.9. The molecule has 3 N–H and O–H groups in total. The van der Waals surface area contributed by atoms with Crippen molar-refractivity contribution < 1.29 is 9.52 Å². The van der Waals surface area contributed by atoms with Gasteiger partial charge in [-0.3, -0.25) is 0 Å². The second-order valence-electron chi connectivity index (χ2n) is 8.57. The summed E-state index contributed by atoms with van der Waals surface area (Å²) in [6.45, 7) is 0. The van der Waals surface area contributed by atoms with Gasteiger partial charge in [-0.25, -0.2) is 14.5 Å². The van der Waals surface area contributed by atoms with Gasteiger partial charge < -0.3 is 15.3 Å². The number of rotatable bonds is 4. The van der Waals surface area contributed by atoms with Crippen LogP contribution in [0.25, 0.3) is 50.3 Å². The van der Waals surface area contributed by atoms with Crippen molar-refractivity contribution in [3.05, 3.63) is 113 Å². The van der Waals surface area contributed by atoms with Gasteiger partial charge in [0, 0.05) is 22.9 Å². The topological polar surface area (TPSA) is 131 Å². The average molecular weight is 498 g/mol. The van der Waals surface area contributed by atoms with Crippen LogP contribution in [0.2, 0.25) is 0 Å². The van der Waals surface area contributed by atoms with E-state index in [4.69, 9.17) is 15.2 Å². The van der Waals surface area contributed by atoms with Gasteiger partial charge in [0.15, 0.2) is 0 Å². The first-order valence-electron chi connectivity index (χ1n) is 11.7. The molecule has 8 nitrogen and oxygen atoms in total. The summed E-state index contributed by atoms with van der Waals surface area (Å²) in [7, 11) is 0. The third kappa shape index (κ3) is 3.75. The minimum atomic E-state index is -0.771. The number of fused-ring (bicyclic) bond motifs is 1. The second kappa shape index (κ2) is 9.08. The monoisotopic (exact) mass is 497 g/mol. The number of benzene rings is 3. The van der Waals surface area contributed by atoms with Crippen LogP contribution in [0.3, 0.4) is 0 Å². The molecule has 0 saturated heterocycles. The Hall–Kier alpha value is -5.68. The smallest absolute Gasteiger partial charge is 0.349 e. The maximum Gasteiger partial charge on any atom is 0.349 e. The van der Waals surface area contributed by atoms with Crippen LogP contribution in [0.15, 0.2) is 106 Å². The van der Waals surface area contributed by atoms with Gasteiger partial charge >= 0.3 is 5.63 Å². The highest BCUT2D eigenvalue weighted by atomic mass is 16.4. The van der Waals surface area contributed by atoms with Gasteiger partial charge in [-0.05, 0) is 30.3 Å². The number of hydrogen-bond donors (Lipinski definition) is 2. The zero-order valence-electron chi connectivity index (χ0n) is 19.9. The van der Waals surface area contributed by atoms with Gasteiger partial charge in [0.05, 0.1) is 16.8 Å². The van der Waals surface area contributed by atoms with E-state index in [9.17, 15) is 15.2 Å². The van der Waals surface area contributed by atoms with Crippen LogP contribution in [-0.2, 0) is 0 Å². The van der Waals surface area contributed by atoms with Crippen molar-refractivity contribution >= 4 is 16.8 Å². The van der Waals surface area contributed by atoms with Gasteiger partial charge in [0.25, 0.3) is 0 Å². The lowest BCUT2D eigenvalue weighted by molar-refractivity contribution is 0.471. The van der Waals surface area contributed by atoms with E-state index in [2.05, 4.69) is 11.1 Å². The number of para-hydroxylation sites is 2. The summed E-state index contributed by atoms with van der Waals surface area (Å²) in [5.41, 5.74) is 9.08. The summed E-state index contributed by atoms with van der Waals surface area (Å²) in [4.78, 5) is 17.3. The Bertz CT molecular complexity index is 1920. The number of aromatic nitrogens is 3. The summed E-state index contributed by atoms with van der Waals surface area (Å²) >= 11 is 0. The summed E-state index contributed by atoms with van der Waals surface area (Å²) in [6.07, 6.45) is 1.81. The quantitative estimate of drug-likeness (QED) is 0.306. The summed E-state index contributed by atoms with van der Waals surface area (Å²) in [5.74, 6) is -0.360. The second-order valence-corrected chi connectivity index (χ2v) is 8.57. The third-order valence-electron chi connectivity index (χ3n) is 6.27. The number of anilines is 1. The molecule has 0 fully saturated rings. The fourth-order valence-electron chi connectivity index (χ4n) is 4.48. The van der Waals surface area contributed by atoms with E-state index in [1.54, 1.807) is 41.2 Å². The molecule has 0 atom stereocenters. The van der Waals surface area contributed by atoms with E-state index < -0.39 is 5.63 Å². The van der Waals surface area contributed by atoms with E-state index >= 15 is 0 Å². The molecular formula is C30H19N5O3. The van der Waals surface area contributed by atoms with E-state index in [0.717, 1.165) is 11.3 Å². The van der Waals surface area contributed by atoms with Crippen molar-refractivity contribution in [2.45, 2.75) is 0 Å². The maximum atomic E-state index is 13.0. The summed E-state index contributed by atoms with van der Waals surface area (Å²) in [5, 5.41) is 26.2. The largest absolute Gasteiger partial charge is 0.506 e. The van der Waals surface area contributed by atoms with Gasteiger partial charge in [0.1, 0.15) is 40.0 Å². The van der Waals surface area contributed by atoms with Crippen molar-refractivity contribution in [2.75, 3.05) is 5.73 Å². The normalized spacial score (nSPS) is 10.9. The molecule has 6 aromatic rings. The van der Waals surface area contributed by atoms with Crippen molar-refractivity contribution in [3.63, 3.8) is 0 Å². The lowest BCUT2D eigenvalue weighted by atomic mass is 9.96. The molecule has 0 amide bonds. The van der Waals surface area contributed by atoms with Crippen LogP contribution in [0, 0.1) is 11.3 Å². The van der Waals surface area contributed by atoms with E-state index in [0.29, 0.717) is 22.2 Å². The Morgan fingerprint density at radius 3 is 2.34 bits per heavy atom. The predicted octanol–water partition coefficient (Wildman–Crippen LogP) is 5.53. The standard InChI is InChI=1S/C30H19N5O3/c31-16-22-21(15-24(33-29(22)32)26-28(36)20-13-7-8-14-25(20)38-30(26)37)23-17-35(19-11-5-2-6-12-19)34-27(23)18-9-3-1-4-10-18/h1-15,17,36H,(H2,32,33). The zero-order chi connectivity index (χ0) is 26.2. The van der Waals surface area contributed by atoms with Crippen molar-refractivity contribution in [2.24, 2.45) is 0 Å². The molecule has 0 aliphatic heterocycles. The summed E-state index contributed by atoms with van der Waals surface area (Å²) < 4.78 is 7.17. The van der Waals surface area contributed by atoms with Crippen LogP contribution in [0.4, 0.5) is 5.82 Å². The number of nitriles is 1. The molecule has 0 spiro atoms. The van der Waals surface area contributed by atoms with Crippen LogP contribution in [-0.4, -0.2) is 19.9 Å². The fourth-order valence-corrected chi connectivity index (χ4v) is 4.48. The Morgan fingerprint density at radius 2 is 1.61 bits per heavy atom. The number of nitrogens with zero attached hydrogens (tertiary/aromatic N) is 4. The number of aromatic hydroxyl groups is 1. The Balaban J connectivity index is 1.64. The minimum absolute atomic E-state index is 0.0833. The molecule has 0 unspecified atom stereocenters. The molecule has 0 aliphatic carbocycles. The molecule has 182 valence electrons. The van der Waals surface area contributed by atoms with Gasteiger partial charge in [-0.2, -0.15) is 10.4 Å². The van der Waals surface area contributed by atoms with Gasteiger partial charge in [0.2, 0.25) is 0 Å². The highest BCUT2D eigenvalue weighted by Crippen LogP contribution is 2.39.